The van der Waals surface area contributed by atoms with Crippen LogP contribution in [0, 0.1) is 6.92 Å². The second-order valence-electron chi connectivity index (χ2n) is 4.29. The van der Waals surface area contributed by atoms with E-state index in [1.165, 1.54) is 11.3 Å². The van der Waals surface area contributed by atoms with Crippen LogP contribution >= 0.6 is 11.3 Å². The summed E-state index contributed by atoms with van der Waals surface area (Å²) in [6.45, 7) is 2.03. The van der Waals surface area contributed by atoms with Gasteiger partial charge in [-0.05, 0) is 37.5 Å². The molecule has 86 valence electrons. The van der Waals surface area contributed by atoms with Gasteiger partial charge in [-0.3, -0.25) is 9.78 Å². The van der Waals surface area contributed by atoms with Crippen molar-refractivity contribution >= 4 is 17.1 Å². The minimum atomic E-state index is 0.239. The molecule has 0 saturated heterocycles. The fraction of sp³-hybridized carbons (Fsp3) is 0.308. The molecule has 2 heterocycles. The highest BCUT2D eigenvalue weighted by molar-refractivity contribution is 7.17. The van der Waals surface area contributed by atoms with E-state index in [1.54, 1.807) is 6.20 Å². The lowest BCUT2D eigenvalue weighted by Crippen LogP contribution is -2.07. The molecule has 1 aliphatic carbocycles. The molecule has 0 N–H and O–H groups in total. The summed E-state index contributed by atoms with van der Waals surface area (Å²) in [6.07, 6.45) is 4.29. The first-order chi connectivity index (χ1) is 8.24. The zero-order valence-electron chi connectivity index (χ0n) is 9.56. The molecule has 0 aromatic carbocycles. The Labute approximate surface area is 104 Å². The van der Waals surface area contributed by atoms with Gasteiger partial charge in [0.15, 0.2) is 5.78 Å². The van der Waals surface area contributed by atoms with E-state index < -0.39 is 0 Å². The second kappa shape index (κ2) is 4.04. The van der Waals surface area contributed by atoms with Gasteiger partial charge < -0.3 is 0 Å². The molecule has 0 saturated carbocycles. The van der Waals surface area contributed by atoms with E-state index in [1.807, 2.05) is 19.1 Å². The zero-order chi connectivity index (χ0) is 11.8. The van der Waals surface area contributed by atoms with Gasteiger partial charge in [-0.1, -0.05) is 0 Å². The van der Waals surface area contributed by atoms with Gasteiger partial charge in [-0.2, -0.15) is 0 Å². The van der Waals surface area contributed by atoms with Gasteiger partial charge in [-0.15, -0.1) is 11.3 Å². The van der Waals surface area contributed by atoms with Crippen LogP contribution in [0.5, 0.6) is 0 Å². The van der Waals surface area contributed by atoms with Crippen LogP contribution in [0.15, 0.2) is 18.3 Å². The molecule has 17 heavy (non-hydrogen) atoms. The largest absolute Gasteiger partial charge is 0.293 e. The molecule has 0 spiro atoms. The first-order valence-corrected chi connectivity index (χ1v) is 6.51. The third-order valence-corrected chi connectivity index (χ3v) is 4.06. The smallest absolute Gasteiger partial charge is 0.174 e. The highest BCUT2D eigenvalue weighted by atomic mass is 32.1. The molecule has 3 rings (SSSR count). The van der Waals surface area contributed by atoms with Crippen LogP contribution in [0.4, 0.5) is 0 Å². The van der Waals surface area contributed by atoms with Crippen LogP contribution in [-0.4, -0.2) is 15.8 Å². The molecule has 0 radical (unpaired) electrons. The number of hydrogen-bond donors (Lipinski definition) is 0. The van der Waals surface area contributed by atoms with E-state index in [-0.39, 0.29) is 5.78 Å². The zero-order valence-corrected chi connectivity index (χ0v) is 10.4. The normalized spacial score (nSPS) is 14.8. The molecule has 2 aromatic rings. The van der Waals surface area contributed by atoms with Crippen molar-refractivity contribution in [3.8, 4) is 10.7 Å². The number of fused-ring (bicyclic) bond motifs is 1. The van der Waals surface area contributed by atoms with Gasteiger partial charge in [0.1, 0.15) is 5.01 Å². The monoisotopic (exact) mass is 244 g/mol. The molecule has 0 aliphatic heterocycles. The van der Waals surface area contributed by atoms with Gasteiger partial charge in [0, 0.05) is 12.6 Å². The number of thiazole rings is 1. The van der Waals surface area contributed by atoms with Crippen LogP contribution in [0.2, 0.25) is 0 Å². The first kappa shape index (κ1) is 10.6. The van der Waals surface area contributed by atoms with E-state index >= 15 is 0 Å². The van der Waals surface area contributed by atoms with E-state index in [2.05, 4.69) is 9.97 Å². The van der Waals surface area contributed by atoms with Crippen LogP contribution in [0.25, 0.3) is 10.7 Å². The molecule has 0 amide bonds. The average Bonchev–Trinajstić information content (AvgIpc) is 2.74. The van der Waals surface area contributed by atoms with Crippen molar-refractivity contribution in [2.24, 2.45) is 0 Å². The highest BCUT2D eigenvalue weighted by Gasteiger charge is 2.22. The lowest BCUT2D eigenvalue weighted by atomic mass is 10.0. The Bertz CT molecular complexity index is 589. The number of aryl methyl sites for hydroxylation is 2. The van der Waals surface area contributed by atoms with Crippen LogP contribution in [0.3, 0.4) is 0 Å². The maximum atomic E-state index is 11.7. The quantitative estimate of drug-likeness (QED) is 0.774. The van der Waals surface area contributed by atoms with E-state index in [9.17, 15) is 4.79 Å². The van der Waals surface area contributed by atoms with Crippen LogP contribution < -0.4 is 0 Å². The minimum Gasteiger partial charge on any atom is -0.293 e. The number of hydrogen-bond acceptors (Lipinski definition) is 4. The Morgan fingerprint density at radius 3 is 3.00 bits per heavy atom. The maximum Gasteiger partial charge on any atom is 0.174 e. The van der Waals surface area contributed by atoms with Crippen molar-refractivity contribution in [3.63, 3.8) is 0 Å². The number of Topliss-reactive ketones (excluding diaryl/α,β-unsaturated/α-hetero) is 1. The number of pyridine rings is 1. The summed E-state index contributed by atoms with van der Waals surface area (Å²) in [6, 6.07) is 3.97. The molecule has 4 heteroatoms. The van der Waals surface area contributed by atoms with Crippen molar-refractivity contribution in [1.82, 2.24) is 9.97 Å². The van der Waals surface area contributed by atoms with Crippen LogP contribution in [-0.2, 0) is 6.42 Å². The predicted octanol–water partition coefficient (Wildman–Crippen LogP) is 3.03. The van der Waals surface area contributed by atoms with Gasteiger partial charge in [0.25, 0.3) is 0 Å². The van der Waals surface area contributed by atoms with Gasteiger partial charge >= 0.3 is 0 Å². The maximum absolute atomic E-state index is 11.7. The fourth-order valence-corrected chi connectivity index (χ4v) is 3.08. The molecular weight excluding hydrogens is 232 g/mol. The SMILES string of the molecule is Cc1ccnc(-c2nc3c(s2)C(=O)CCC3)c1. The molecule has 1 aliphatic rings. The van der Waals surface area contributed by atoms with Crippen molar-refractivity contribution in [2.45, 2.75) is 26.2 Å². The summed E-state index contributed by atoms with van der Waals surface area (Å²) in [5.74, 6) is 0.239. The Morgan fingerprint density at radius 1 is 1.35 bits per heavy atom. The van der Waals surface area contributed by atoms with Crippen LogP contribution in [0.1, 0.15) is 33.8 Å². The molecular formula is C13H12N2OS. The van der Waals surface area contributed by atoms with Gasteiger partial charge in [0.2, 0.25) is 0 Å². The fourth-order valence-electron chi connectivity index (χ4n) is 2.03. The van der Waals surface area contributed by atoms with E-state index in [4.69, 9.17) is 0 Å². The second-order valence-corrected chi connectivity index (χ2v) is 5.29. The average molecular weight is 244 g/mol. The Kier molecular flexibility index (Phi) is 2.52. The third-order valence-electron chi connectivity index (χ3n) is 2.90. The molecule has 0 unspecified atom stereocenters. The van der Waals surface area contributed by atoms with Crippen molar-refractivity contribution < 1.29 is 4.79 Å². The molecule has 0 atom stereocenters. The van der Waals surface area contributed by atoms with Crippen molar-refractivity contribution in [2.75, 3.05) is 0 Å². The summed E-state index contributed by atoms with van der Waals surface area (Å²) in [4.78, 5) is 21.5. The van der Waals surface area contributed by atoms with E-state index in [0.29, 0.717) is 6.42 Å². The molecule has 0 bridgehead atoms. The molecule has 0 fully saturated rings. The minimum absolute atomic E-state index is 0.239. The first-order valence-electron chi connectivity index (χ1n) is 5.70. The molecule has 2 aromatic heterocycles. The lowest BCUT2D eigenvalue weighted by molar-refractivity contribution is 0.0976. The Hall–Kier alpha value is -1.55. The van der Waals surface area contributed by atoms with E-state index in [0.717, 1.165) is 39.7 Å². The Balaban J connectivity index is 2.08. The summed E-state index contributed by atoms with van der Waals surface area (Å²) >= 11 is 1.48. The summed E-state index contributed by atoms with van der Waals surface area (Å²) in [5, 5.41) is 0.869. The van der Waals surface area contributed by atoms with Gasteiger partial charge in [-0.25, -0.2) is 4.98 Å². The summed E-state index contributed by atoms with van der Waals surface area (Å²) in [5.41, 5.74) is 3.00. The topological polar surface area (TPSA) is 42.9 Å². The number of ketones is 1. The number of carbonyl (C=O) groups is 1. The van der Waals surface area contributed by atoms with Crippen molar-refractivity contribution in [1.29, 1.82) is 0 Å². The highest BCUT2D eigenvalue weighted by Crippen LogP contribution is 2.31. The number of carbonyl (C=O) groups excluding carboxylic acids is 1. The van der Waals surface area contributed by atoms with Gasteiger partial charge in [0.05, 0.1) is 16.3 Å². The Morgan fingerprint density at radius 2 is 2.24 bits per heavy atom. The number of rotatable bonds is 1. The number of nitrogens with zero attached hydrogens (tertiary/aromatic N) is 2. The third kappa shape index (κ3) is 1.89. The standard InChI is InChI=1S/C13H12N2OS/c1-8-5-6-14-10(7-8)13-15-9-3-2-4-11(16)12(9)17-13/h5-7H,2-4H2,1H3. The molecule has 3 nitrogen and oxygen atoms in total. The predicted molar refractivity (Wildman–Crippen MR) is 67.4 cm³/mol. The lowest BCUT2D eigenvalue weighted by Gasteiger charge is -2.06. The summed E-state index contributed by atoms with van der Waals surface area (Å²) in [7, 11) is 0. The van der Waals surface area contributed by atoms with Crippen molar-refractivity contribution in [3.05, 3.63) is 34.5 Å². The number of aromatic nitrogens is 2. The summed E-state index contributed by atoms with van der Waals surface area (Å²) < 4.78 is 0.